The van der Waals surface area contributed by atoms with Gasteiger partial charge in [-0.1, -0.05) is 11.6 Å². The van der Waals surface area contributed by atoms with Crippen molar-refractivity contribution < 1.29 is 9.53 Å². The fourth-order valence-electron chi connectivity index (χ4n) is 0.942. The van der Waals surface area contributed by atoms with E-state index in [1.807, 2.05) is 0 Å². The summed E-state index contributed by atoms with van der Waals surface area (Å²) in [6.45, 7) is 2.08. The van der Waals surface area contributed by atoms with E-state index in [0.717, 1.165) is 0 Å². The number of hydrogen-bond donors (Lipinski definition) is 1. The Morgan fingerprint density at radius 3 is 3.07 bits per heavy atom. The molecule has 0 saturated carbocycles. The van der Waals surface area contributed by atoms with E-state index in [0.29, 0.717) is 23.0 Å². The van der Waals surface area contributed by atoms with Crippen LogP contribution in [-0.2, 0) is 9.53 Å². The van der Waals surface area contributed by atoms with E-state index in [1.165, 1.54) is 24.4 Å². The highest BCUT2D eigenvalue weighted by Crippen LogP contribution is 2.16. The lowest BCUT2D eigenvalue weighted by atomic mass is 10.2. The number of halogens is 1. The maximum Gasteiger partial charge on any atom is 0.330 e. The predicted octanol–water partition coefficient (Wildman–Crippen LogP) is 1.89. The van der Waals surface area contributed by atoms with Gasteiger partial charge in [-0.3, -0.25) is 0 Å². The maximum absolute atomic E-state index is 11.0. The smallest absolute Gasteiger partial charge is 0.330 e. The van der Waals surface area contributed by atoms with Crippen molar-refractivity contribution in [2.45, 2.75) is 6.92 Å². The molecule has 1 heterocycles. The third-order valence-corrected chi connectivity index (χ3v) is 1.83. The van der Waals surface area contributed by atoms with Crippen LogP contribution in [0, 0.1) is 0 Å². The van der Waals surface area contributed by atoms with Gasteiger partial charge in [0.15, 0.2) is 0 Å². The molecule has 0 aliphatic heterocycles. The molecule has 0 aliphatic carbocycles. The lowest BCUT2D eigenvalue weighted by Crippen LogP contribution is -1.99. The van der Waals surface area contributed by atoms with Gasteiger partial charge in [0.2, 0.25) is 0 Å². The predicted molar refractivity (Wildman–Crippen MR) is 59.3 cm³/mol. The quantitative estimate of drug-likeness (QED) is 0.486. The highest BCUT2D eigenvalue weighted by molar-refractivity contribution is 6.29. The van der Waals surface area contributed by atoms with E-state index in [2.05, 4.69) is 4.98 Å². The fourth-order valence-corrected chi connectivity index (χ4v) is 1.11. The second kappa shape index (κ2) is 5.36. The van der Waals surface area contributed by atoms with Crippen LogP contribution < -0.4 is 5.73 Å². The van der Waals surface area contributed by atoms with E-state index < -0.39 is 5.97 Å². The number of nitrogen functional groups attached to an aromatic ring is 1. The Labute approximate surface area is 92.7 Å². The van der Waals surface area contributed by atoms with Crippen molar-refractivity contribution in [3.63, 3.8) is 0 Å². The van der Waals surface area contributed by atoms with Crippen molar-refractivity contribution in [1.82, 2.24) is 4.98 Å². The van der Waals surface area contributed by atoms with Crippen LogP contribution in [0.25, 0.3) is 6.08 Å². The number of rotatable bonds is 3. The van der Waals surface area contributed by atoms with Crippen LogP contribution in [0.5, 0.6) is 0 Å². The highest BCUT2D eigenvalue weighted by Gasteiger charge is 1.99. The molecule has 0 fully saturated rings. The van der Waals surface area contributed by atoms with Crippen molar-refractivity contribution in [2.24, 2.45) is 0 Å². The molecule has 5 heteroatoms. The minimum absolute atomic E-state index is 0.320. The Hall–Kier alpha value is -1.55. The molecule has 0 unspecified atom stereocenters. The monoisotopic (exact) mass is 226 g/mol. The normalized spacial score (nSPS) is 10.5. The number of ether oxygens (including phenoxy) is 1. The summed E-state index contributed by atoms with van der Waals surface area (Å²) < 4.78 is 4.71. The number of esters is 1. The summed E-state index contributed by atoms with van der Waals surface area (Å²) in [5, 5.41) is 0.320. The summed E-state index contributed by atoms with van der Waals surface area (Å²) in [5.41, 5.74) is 6.75. The van der Waals surface area contributed by atoms with Crippen molar-refractivity contribution in [1.29, 1.82) is 0 Å². The summed E-state index contributed by atoms with van der Waals surface area (Å²) >= 11 is 5.62. The zero-order valence-electron chi connectivity index (χ0n) is 8.24. The maximum atomic E-state index is 11.0. The van der Waals surface area contributed by atoms with Gasteiger partial charge in [0.1, 0.15) is 5.15 Å². The Morgan fingerprint density at radius 1 is 1.73 bits per heavy atom. The number of carbonyl (C=O) groups is 1. The third-order valence-electron chi connectivity index (χ3n) is 1.62. The van der Waals surface area contributed by atoms with Gasteiger partial charge >= 0.3 is 5.97 Å². The Morgan fingerprint density at radius 2 is 2.47 bits per heavy atom. The van der Waals surface area contributed by atoms with Crippen molar-refractivity contribution in [3.8, 4) is 0 Å². The molecular weight excluding hydrogens is 216 g/mol. The van der Waals surface area contributed by atoms with Gasteiger partial charge in [-0.2, -0.15) is 0 Å². The van der Waals surface area contributed by atoms with Crippen LogP contribution in [0.2, 0.25) is 5.15 Å². The minimum atomic E-state index is -0.410. The molecule has 0 amide bonds. The molecule has 0 aliphatic rings. The molecule has 2 N–H and O–H groups in total. The number of aromatic nitrogens is 1. The summed E-state index contributed by atoms with van der Waals surface area (Å²) in [7, 11) is 0. The number of pyridine rings is 1. The number of carbonyl (C=O) groups excluding carboxylic acids is 1. The van der Waals surface area contributed by atoms with Gasteiger partial charge in [0.25, 0.3) is 0 Å². The molecule has 1 aromatic heterocycles. The summed E-state index contributed by atoms with van der Waals surface area (Å²) in [4.78, 5) is 14.8. The first-order chi connectivity index (χ1) is 7.13. The van der Waals surface area contributed by atoms with Gasteiger partial charge in [-0.05, 0) is 19.1 Å². The van der Waals surface area contributed by atoms with Crippen molar-refractivity contribution >= 4 is 29.3 Å². The van der Waals surface area contributed by atoms with Gasteiger partial charge in [-0.25, -0.2) is 9.78 Å². The van der Waals surface area contributed by atoms with Crippen LogP contribution in [0.4, 0.5) is 5.69 Å². The third kappa shape index (κ3) is 3.59. The molecule has 1 rings (SSSR count). The van der Waals surface area contributed by atoms with Crippen molar-refractivity contribution in [2.75, 3.05) is 12.3 Å². The van der Waals surface area contributed by atoms with E-state index in [-0.39, 0.29) is 0 Å². The standard InChI is InChI=1S/C10H11ClN2O2/c1-2-15-10(14)4-3-7-6-13-9(11)5-8(7)12/h3-6H,2H2,1H3,(H2,12,13). The molecule has 4 nitrogen and oxygen atoms in total. The summed E-state index contributed by atoms with van der Waals surface area (Å²) in [5.74, 6) is -0.410. The molecule has 0 bridgehead atoms. The molecule has 0 spiro atoms. The average Bonchev–Trinajstić information content (AvgIpc) is 2.17. The Kier molecular flexibility index (Phi) is 4.12. The number of nitrogens with zero attached hydrogens (tertiary/aromatic N) is 1. The second-order valence-corrected chi connectivity index (χ2v) is 3.11. The molecule has 0 radical (unpaired) electrons. The summed E-state index contributed by atoms with van der Waals surface area (Å²) in [6, 6.07) is 1.52. The van der Waals surface area contributed by atoms with Gasteiger partial charge in [0.05, 0.1) is 6.61 Å². The van der Waals surface area contributed by atoms with Crippen LogP contribution in [-0.4, -0.2) is 17.6 Å². The SMILES string of the molecule is CCOC(=O)C=Cc1cnc(Cl)cc1N. The van der Waals surface area contributed by atoms with Crippen LogP contribution in [0.1, 0.15) is 12.5 Å². The zero-order chi connectivity index (χ0) is 11.3. The molecule has 0 aromatic carbocycles. The van der Waals surface area contributed by atoms with Crippen LogP contribution in [0.15, 0.2) is 18.3 Å². The molecule has 0 saturated heterocycles. The van der Waals surface area contributed by atoms with E-state index in [4.69, 9.17) is 22.1 Å². The highest BCUT2D eigenvalue weighted by atomic mass is 35.5. The topological polar surface area (TPSA) is 65.2 Å². The molecule has 1 aromatic rings. The average molecular weight is 227 g/mol. The number of nitrogens with two attached hydrogens (primary N) is 1. The molecule has 15 heavy (non-hydrogen) atoms. The van der Waals surface area contributed by atoms with E-state index >= 15 is 0 Å². The van der Waals surface area contributed by atoms with Gasteiger partial charge in [0, 0.05) is 23.5 Å². The Balaban J connectivity index is 2.76. The van der Waals surface area contributed by atoms with Crippen LogP contribution >= 0.6 is 11.6 Å². The number of anilines is 1. The molecule has 80 valence electrons. The molecular formula is C10H11ClN2O2. The largest absolute Gasteiger partial charge is 0.463 e. The second-order valence-electron chi connectivity index (χ2n) is 2.72. The van der Waals surface area contributed by atoms with Gasteiger partial charge in [-0.15, -0.1) is 0 Å². The van der Waals surface area contributed by atoms with Gasteiger partial charge < -0.3 is 10.5 Å². The fraction of sp³-hybridized carbons (Fsp3) is 0.200. The van der Waals surface area contributed by atoms with Crippen molar-refractivity contribution in [3.05, 3.63) is 29.1 Å². The minimum Gasteiger partial charge on any atom is -0.463 e. The Bertz CT molecular complexity index is 391. The first kappa shape index (κ1) is 11.5. The van der Waals surface area contributed by atoms with E-state index in [1.54, 1.807) is 6.92 Å². The molecule has 0 atom stereocenters. The first-order valence-corrected chi connectivity index (χ1v) is 4.77. The lowest BCUT2D eigenvalue weighted by molar-refractivity contribution is -0.137. The lowest BCUT2D eigenvalue weighted by Gasteiger charge is -1.99. The summed E-state index contributed by atoms with van der Waals surface area (Å²) in [6.07, 6.45) is 4.33. The number of hydrogen-bond acceptors (Lipinski definition) is 4. The van der Waals surface area contributed by atoms with E-state index in [9.17, 15) is 4.79 Å². The van der Waals surface area contributed by atoms with Crippen LogP contribution in [0.3, 0.4) is 0 Å². The first-order valence-electron chi connectivity index (χ1n) is 4.39. The zero-order valence-corrected chi connectivity index (χ0v) is 8.99.